The molecule has 2 amide bonds. The zero-order valence-corrected chi connectivity index (χ0v) is 10.5. The number of nitrogens with two attached hydrogens (primary N) is 1. The number of amides is 2. The first-order valence-corrected chi connectivity index (χ1v) is 6.26. The number of nitrogens with zero attached hydrogens (tertiary/aromatic N) is 2. The monoisotopic (exact) mass is 270 g/mol. The average Bonchev–Trinajstić information content (AvgIpc) is 3.22. The number of oxime groups is 1. The molecule has 0 radical (unpaired) electrons. The van der Waals surface area contributed by atoms with Crippen molar-refractivity contribution in [3.8, 4) is 0 Å². The molecule has 2 fully saturated rings. The van der Waals surface area contributed by atoms with Gasteiger partial charge in [0, 0.05) is 12.6 Å². The molecule has 2 rings (SSSR count). The standard InChI is InChI=1S/C11H18N4O4/c12-9(14-18)5-10(16)15-3-4-19-6-8(15)11(17)13-7-1-2-7/h7-8,18H,1-6H2,(H2,12,14)(H,13,17). The Hall–Kier alpha value is -1.83. The lowest BCUT2D eigenvalue weighted by Crippen LogP contribution is -2.56. The summed E-state index contributed by atoms with van der Waals surface area (Å²) in [5.41, 5.74) is 5.31. The van der Waals surface area contributed by atoms with Crippen molar-refractivity contribution >= 4 is 17.6 Å². The van der Waals surface area contributed by atoms with E-state index in [-0.39, 0.29) is 36.7 Å². The van der Waals surface area contributed by atoms with E-state index in [2.05, 4.69) is 10.5 Å². The maximum absolute atomic E-state index is 12.0. The van der Waals surface area contributed by atoms with Crippen molar-refractivity contribution in [3.63, 3.8) is 0 Å². The predicted octanol–water partition coefficient (Wildman–Crippen LogP) is -1.37. The summed E-state index contributed by atoms with van der Waals surface area (Å²) in [5.74, 6) is -0.706. The second-order valence-electron chi connectivity index (χ2n) is 4.73. The SMILES string of the molecule is NC(CC(=O)N1CCOCC1C(=O)NC1CC1)=NO. The minimum absolute atomic E-state index is 0.169. The maximum Gasteiger partial charge on any atom is 0.245 e. The van der Waals surface area contributed by atoms with Crippen LogP contribution in [0.4, 0.5) is 0 Å². The van der Waals surface area contributed by atoms with Gasteiger partial charge in [0.15, 0.2) is 0 Å². The van der Waals surface area contributed by atoms with Crippen LogP contribution in [0.2, 0.25) is 0 Å². The van der Waals surface area contributed by atoms with E-state index in [4.69, 9.17) is 15.7 Å². The molecular weight excluding hydrogens is 252 g/mol. The molecule has 1 unspecified atom stereocenters. The van der Waals surface area contributed by atoms with Crippen LogP contribution in [-0.4, -0.2) is 59.6 Å². The van der Waals surface area contributed by atoms with E-state index in [1.54, 1.807) is 0 Å². The summed E-state index contributed by atoms with van der Waals surface area (Å²) in [4.78, 5) is 25.5. The summed E-state index contributed by atoms with van der Waals surface area (Å²) in [6, 6.07) is -0.399. The number of carbonyl (C=O) groups is 2. The summed E-state index contributed by atoms with van der Waals surface area (Å²) in [6.45, 7) is 0.899. The van der Waals surface area contributed by atoms with Crippen LogP contribution < -0.4 is 11.1 Å². The molecule has 1 saturated carbocycles. The molecular formula is C11H18N4O4. The normalized spacial score (nSPS) is 24.1. The van der Waals surface area contributed by atoms with Crippen LogP contribution in [-0.2, 0) is 14.3 Å². The molecule has 4 N–H and O–H groups in total. The van der Waals surface area contributed by atoms with E-state index < -0.39 is 6.04 Å². The van der Waals surface area contributed by atoms with Crippen molar-refractivity contribution in [1.82, 2.24) is 10.2 Å². The quantitative estimate of drug-likeness (QED) is 0.252. The second-order valence-corrected chi connectivity index (χ2v) is 4.73. The van der Waals surface area contributed by atoms with Crippen LogP contribution in [0.1, 0.15) is 19.3 Å². The van der Waals surface area contributed by atoms with E-state index in [1.165, 1.54) is 4.90 Å². The lowest BCUT2D eigenvalue weighted by Gasteiger charge is -2.34. The maximum atomic E-state index is 12.0. The van der Waals surface area contributed by atoms with E-state index in [9.17, 15) is 9.59 Å². The van der Waals surface area contributed by atoms with E-state index in [0.29, 0.717) is 13.2 Å². The third kappa shape index (κ3) is 3.57. The van der Waals surface area contributed by atoms with E-state index >= 15 is 0 Å². The summed E-state index contributed by atoms with van der Waals surface area (Å²) in [5, 5.41) is 14.1. The fraction of sp³-hybridized carbons (Fsp3) is 0.727. The topological polar surface area (TPSA) is 117 Å². The molecule has 1 aliphatic carbocycles. The minimum Gasteiger partial charge on any atom is -0.409 e. The summed E-state index contributed by atoms with van der Waals surface area (Å²) in [7, 11) is 0. The first kappa shape index (κ1) is 13.6. The summed E-state index contributed by atoms with van der Waals surface area (Å²) in [6.07, 6.45) is 1.76. The van der Waals surface area contributed by atoms with Crippen molar-refractivity contribution in [2.45, 2.75) is 31.3 Å². The third-order valence-corrected chi connectivity index (χ3v) is 3.14. The Bertz CT molecular complexity index is 394. The average molecular weight is 270 g/mol. The smallest absolute Gasteiger partial charge is 0.245 e. The molecule has 0 aromatic carbocycles. The van der Waals surface area contributed by atoms with Gasteiger partial charge in [-0.25, -0.2) is 0 Å². The van der Waals surface area contributed by atoms with Crippen molar-refractivity contribution in [2.75, 3.05) is 19.8 Å². The largest absolute Gasteiger partial charge is 0.409 e. The number of rotatable bonds is 4. The second kappa shape index (κ2) is 5.87. The Morgan fingerprint density at radius 1 is 1.47 bits per heavy atom. The highest BCUT2D eigenvalue weighted by atomic mass is 16.5. The zero-order chi connectivity index (χ0) is 13.8. The molecule has 106 valence electrons. The Labute approximate surface area is 110 Å². The van der Waals surface area contributed by atoms with Crippen LogP contribution in [0, 0.1) is 0 Å². The fourth-order valence-corrected chi connectivity index (χ4v) is 1.94. The first-order valence-electron chi connectivity index (χ1n) is 6.26. The van der Waals surface area contributed by atoms with Crippen molar-refractivity contribution in [1.29, 1.82) is 0 Å². The van der Waals surface area contributed by atoms with Gasteiger partial charge >= 0.3 is 0 Å². The van der Waals surface area contributed by atoms with Gasteiger partial charge in [-0.15, -0.1) is 0 Å². The Morgan fingerprint density at radius 2 is 2.21 bits per heavy atom. The van der Waals surface area contributed by atoms with Crippen LogP contribution in [0.3, 0.4) is 0 Å². The van der Waals surface area contributed by atoms with Crippen LogP contribution in [0.15, 0.2) is 5.16 Å². The van der Waals surface area contributed by atoms with Crippen molar-refractivity contribution < 1.29 is 19.5 Å². The van der Waals surface area contributed by atoms with Gasteiger partial charge in [-0.2, -0.15) is 0 Å². The van der Waals surface area contributed by atoms with Gasteiger partial charge in [0.2, 0.25) is 11.8 Å². The molecule has 0 aromatic rings. The Kier molecular flexibility index (Phi) is 4.20. The van der Waals surface area contributed by atoms with Crippen LogP contribution in [0.5, 0.6) is 0 Å². The Balaban J connectivity index is 1.97. The number of ether oxygens (including phenoxy) is 1. The lowest BCUT2D eigenvalue weighted by molar-refractivity contribution is -0.147. The van der Waals surface area contributed by atoms with Gasteiger partial charge in [0.25, 0.3) is 0 Å². The van der Waals surface area contributed by atoms with Gasteiger partial charge in [0.1, 0.15) is 11.9 Å². The van der Waals surface area contributed by atoms with Crippen LogP contribution in [0.25, 0.3) is 0 Å². The molecule has 1 saturated heterocycles. The highest BCUT2D eigenvalue weighted by Gasteiger charge is 2.35. The number of nitrogens with one attached hydrogen (secondary N) is 1. The number of hydrogen-bond donors (Lipinski definition) is 3. The molecule has 2 aliphatic rings. The fourth-order valence-electron chi connectivity index (χ4n) is 1.94. The molecule has 0 aromatic heterocycles. The van der Waals surface area contributed by atoms with E-state index in [0.717, 1.165) is 12.8 Å². The van der Waals surface area contributed by atoms with Gasteiger partial charge in [-0.05, 0) is 12.8 Å². The van der Waals surface area contributed by atoms with Gasteiger partial charge in [-0.1, -0.05) is 5.16 Å². The van der Waals surface area contributed by atoms with Crippen molar-refractivity contribution in [3.05, 3.63) is 0 Å². The minimum atomic E-state index is -0.631. The number of morpholine rings is 1. The van der Waals surface area contributed by atoms with Crippen LogP contribution >= 0.6 is 0 Å². The third-order valence-electron chi connectivity index (χ3n) is 3.14. The van der Waals surface area contributed by atoms with Gasteiger partial charge < -0.3 is 25.9 Å². The number of amidine groups is 1. The predicted molar refractivity (Wildman–Crippen MR) is 65.5 cm³/mol. The van der Waals surface area contributed by atoms with E-state index in [1.807, 2.05) is 0 Å². The molecule has 1 aliphatic heterocycles. The van der Waals surface area contributed by atoms with Gasteiger partial charge in [0.05, 0.1) is 19.6 Å². The lowest BCUT2D eigenvalue weighted by atomic mass is 10.2. The summed E-state index contributed by atoms with van der Waals surface area (Å²) >= 11 is 0. The molecule has 0 spiro atoms. The molecule has 1 heterocycles. The highest BCUT2D eigenvalue weighted by Crippen LogP contribution is 2.19. The molecule has 0 bridgehead atoms. The molecule has 8 nitrogen and oxygen atoms in total. The van der Waals surface area contributed by atoms with Gasteiger partial charge in [-0.3, -0.25) is 9.59 Å². The molecule has 1 atom stereocenters. The number of hydrogen-bond acceptors (Lipinski definition) is 5. The first-order chi connectivity index (χ1) is 9.11. The molecule has 19 heavy (non-hydrogen) atoms. The Morgan fingerprint density at radius 3 is 2.84 bits per heavy atom. The zero-order valence-electron chi connectivity index (χ0n) is 10.5. The van der Waals surface area contributed by atoms with Crippen molar-refractivity contribution in [2.24, 2.45) is 10.9 Å². The highest BCUT2D eigenvalue weighted by molar-refractivity contribution is 6.00. The summed E-state index contributed by atoms with van der Waals surface area (Å²) < 4.78 is 5.25. The number of carbonyl (C=O) groups excluding carboxylic acids is 2. The molecule has 8 heteroatoms.